The summed E-state index contributed by atoms with van der Waals surface area (Å²) >= 11 is 0. The van der Waals surface area contributed by atoms with Crippen LogP contribution in [-0.4, -0.2) is 45.4 Å². The van der Waals surface area contributed by atoms with E-state index in [0.717, 1.165) is 6.42 Å². The molecule has 1 unspecified atom stereocenters. The molecule has 0 aliphatic carbocycles. The molecule has 1 atom stereocenters. The fourth-order valence-electron chi connectivity index (χ4n) is 2.28. The van der Waals surface area contributed by atoms with E-state index < -0.39 is 26.3 Å². The lowest BCUT2D eigenvalue weighted by Gasteiger charge is -2.17. The number of benzene rings is 1. The third-order valence-electron chi connectivity index (χ3n) is 3.33. The maximum atomic E-state index is 12.7. The molecule has 158 valence electrons. The second-order valence-electron chi connectivity index (χ2n) is 7.40. The van der Waals surface area contributed by atoms with Gasteiger partial charge in [-0.3, -0.25) is 10.1 Å². The van der Waals surface area contributed by atoms with E-state index in [9.17, 15) is 19.1 Å². The summed E-state index contributed by atoms with van der Waals surface area (Å²) in [6, 6.07) is 4.12. The number of ether oxygens (including phenoxy) is 2. The zero-order chi connectivity index (χ0) is 21.4. The first kappa shape index (κ1) is 23.8. The Labute approximate surface area is 165 Å². The van der Waals surface area contributed by atoms with Crippen molar-refractivity contribution in [3.05, 3.63) is 33.9 Å². The Morgan fingerprint density at radius 1 is 1.25 bits per heavy atom. The Hall–Kier alpha value is -2.20. The molecule has 0 saturated heterocycles. The Bertz CT molecular complexity index is 809. The summed E-state index contributed by atoms with van der Waals surface area (Å²) in [6.45, 7) is 5.45. The highest BCUT2D eigenvalue weighted by Crippen LogP contribution is 2.25. The van der Waals surface area contributed by atoms with Gasteiger partial charge in [-0.2, -0.15) is 0 Å². The standard InChI is InChI=1S/C18H28N2O7S/c1-18(2,3)27-17(22)19-28(4,25)13-14-10-15(20(23)24)12-16(11-14)26-9-7-5-6-8-21/h10-12,21H,5-9,13H2,1-4H3. The Morgan fingerprint density at radius 3 is 2.50 bits per heavy atom. The number of nitro groups is 1. The second-order valence-corrected chi connectivity index (χ2v) is 9.79. The third-order valence-corrected chi connectivity index (χ3v) is 4.73. The Kier molecular flexibility index (Phi) is 8.83. The number of amides is 1. The zero-order valence-electron chi connectivity index (χ0n) is 16.7. The van der Waals surface area contributed by atoms with Crippen molar-refractivity contribution in [3.63, 3.8) is 0 Å². The average molecular weight is 416 g/mol. The number of carbonyl (C=O) groups excluding carboxylic acids is 1. The van der Waals surface area contributed by atoms with Gasteiger partial charge in [0.15, 0.2) is 0 Å². The highest BCUT2D eigenvalue weighted by Gasteiger charge is 2.19. The molecule has 0 aromatic heterocycles. The number of nitro benzene ring substituents is 1. The minimum atomic E-state index is -3.00. The van der Waals surface area contributed by atoms with Crippen molar-refractivity contribution in [2.75, 3.05) is 19.5 Å². The molecule has 1 N–H and O–H groups in total. The highest BCUT2D eigenvalue weighted by atomic mass is 32.2. The number of rotatable bonds is 9. The number of carbonyl (C=O) groups is 1. The summed E-state index contributed by atoms with van der Waals surface area (Å²) in [5.74, 6) is 0.120. The quantitative estimate of drug-likeness (QED) is 0.369. The molecule has 0 spiro atoms. The molecule has 1 rings (SSSR count). The number of unbranched alkanes of at least 4 members (excludes halogenated alkanes) is 2. The summed E-state index contributed by atoms with van der Waals surface area (Å²) in [6.07, 6.45) is 2.48. The van der Waals surface area contributed by atoms with Crippen molar-refractivity contribution >= 4 is 21.5 Å². The molecule has 0 aliphatic rings. The molecule has 9 nitrogen and oxygen atoms in total. The SMILES string of the molecule is CC(C)(C)OC(=O)N=S(C)(=O)Cc1cc(OCCCCCO)cc([N+](=O)[O-])c1. The van der Waals surface area contributed by atoms with Gasteiger partial charge in [0.05, 0.1) is 33.1 Å². The fourth-order valence-corrected chi connectivity index (χ4v) is 3.48. The number of non-ortho nitro benzene ring substituents is 1. The van der Waals surface area contributed by atoms with E-state index in [0.29, 0.717) is 25.0 Å². The molecule has 0 heterocycles. The van der Waals surface area contributed by atoms with Crippen LogP contribution in [0.1, 0.15) is 45.6 Å². The summed E-state index contributed by atoms with van der Waals surface area (Å²) < 4.78 is 26.9. The van der Waals surface area contributed by atoms with Gasteiger partial charge in [-0.1, -0.05) is 0 Å². The fraction of sp³-hybridized carbons (Fsp3) is 0.611. The molecule has 0 saturated carbocycles. The Morgan fingerprint density at radius 2 is 1.93 bits per heavy atom. The first-order valence-electron chi connectivity index (χ1n) is 8.87. The predicted octanol–water partition coefficient (Wildman–Crippen LogP) is 3.67. The molecule has 10 heteroatoms. The van der Waals surface area contributed by atoms with Gasteiger partial charge in [0.2, 0.25) is 0 Å². The zero-order valence-corrected chi connectivity index (χ0v) is 17.5. The summed E-state index contributed by atoms with van der Waals surface area (Å²) in [5.41, 5.74) is -0.590. The largest absolute Gasteiger partial charge is 0.493 e. The van der Waals surface area contributed by atoms with Crippen molar-refractivity contribution in [1.29, 1.82) is 0 Å². The van der Waals surface area contributed by atoms with E-state index in [1.165, 1.54) is 18.4 Å². The molecule has 0 aliphatic heterocycles. The predicted molar refractivity (Wildman–Crippen MR) is 106 cm³/mol. The van der Waals surface area contributed by atoms with Crippen LogP contribution >= 0.6 is 0 Å². The van der Waals surface area contributed by atoms with Crippen LogP contribution < -0.4 is 4.74 Å². The van der Waals surface area contributed by atoms with Gasteiger partial charge >= 0.3 is 6.09 Å². The van der Waals surface area contributed by atoms with Crippen molar-refractivity contribution in [2.24, 2.45) is 4.36 Å². The minimum Gasteiger partial charge on any atom is -0.493 e. The molecule has 1 aromatic rings. The average Bonchev–Trinajstić information content (AvgIpc) is 2.51. The van der Waals surface area contributed by atoms with E-state index >= 15 is 0 Å². The van der Waals surface area contributed by atoms with E-state index in [4.69, 9.17) is 14.6 Å². The van der Waals surface area contributed by atoms with Crippen LogP contribution in [0.2, 0.25) is 0 Å². The summed E-state index contributed by atoms with van der Waals surface area (Å²) in [5, 5.41) is 19.9. The molecule has 0 fully saturated rings. The Balaban J connectivity index is 2.97. The molecule has 28 heavy (non-hydrogen) atoms. The van der Waals surface area contributed by atoms with E-state index in [1.54, 1.807) is 26.8 Å². The van der Waals surface area contributed by atoms with Gasteiger partial charge in [-0.15, -0.1) is 4.36 Å². The molecule has 1 amide bonds. The van der Waals surface area contributed by atoms with Crippen molar-refractivity contribution in [3.8, 4) is 5.75 Å². The normalized spacial score (nSPS) is 13.5. The topological polar surface area (TPSA) is 128 Å². The van der Waals surface area contributed by atoms with Crippen molar-refractivity contribution < 1.29 is 28.5 Å². The number of hydrogen-bond donors (Lipinski definition) is 1. The molecule has 0 bridgehead atoms. The molecular weight excluding hydrogens is 388 g/mol. The maximum absolute atomic E-state index is 12.7. The summed E-state index contributed by atoms with van der Waals surface area (Å²) in [4.78, 5) is 22.4. The highest BCUT2D eigenvalue weighted by molar-refractivity contribution is 7.92. The lowest BCUT2D eigenvalue weighted by Crippen LogP contribution is -2.22. The van der Waals surface area contributed by atoms with Crippen LogP contribution in [0.5, 0.6) is 5.75 Å². The summed E-state index contributed by atoms with van der Waals surface area (Å²) in [7, 11) is -3.00. The van der Waals surface area contributed by atoms with Crippen LogP contribution in [0.3, 0.4) is 0 Å². The molecule has 1 aromatic carbocycles. The number of aliphatic hydroxyl groups excluding tert-OH is 1. The first-order chi connectivity index (χ1) is 12.9. The van der Waals surface area contributed by atoms with Gasteiger partial charge < -0.3 is 14.6 Å². The lowest BCUT2D eigenvalue weighted by molar-refractivity contribution is -0.385. The van der Waals surface area contributed by atoms with Gasteiger partial charge in [0, 0.05) is 18.9 Å². The molecule has 0 radical (unpaired) electrons. The van der Waals surface area contributed by atoms with Crippen LogP contribution in [0.4, 0.5) is 10.5 Å². The van der Waals surface area contributed by atoms with Gasteiger partial charge in [0.25, 0.3) is 5.69 Å². The number of hydrogen-bond acceptors (Lipinski definition) is 7. The maximum Gasteiger partial charge on any atom is 0.442 e. The van der Waals surface area contributed by atoms with Crippen LogP contribution in [-0.2, 0) is 20.2 Å². The monoisotopic (exact) mass is 416 g/mol. The van der Waals surface area contributed by atoms with Gasteiger partial charge in [-0.25, -0.2) is 9.00 Å². The first-order valence-corrected chi connectivity index (χ1v) is 11.0. The van der Waals surface area contributed by atoms with Gasteiger partial charge in [0.1, 0.15) is 11.4 Å². The van der Waals surface area contributed by atoms with E-state index in [-0.39, 0.29) is 23.8 Å². The van der Waals surface area contributed by atoms with E-state index in [2.05, 4.69) is 4.36 Å². The smallest absolute Gasteiger partial charge is 0.442 e. The minimum absolute atomic E-state index is 0.104. The van der Waals surface area contributed by atoms with Crippen LogP contribution in [0, 0.1) is 10.1 Å². The lowest BCUT2D eigenvalue weighted by atomic mass is 10.2. The van der Waals surface area contributed by atoms with Crippen LogP contribution in [0.15, 0.2) is 22.6 Å². The second kappa shape index (κ2) is 10.4. The van der Waals surface area contributed by atoms with Gasteiger partial charge in [-0.05, 0) is 51.7 Å². The van der Waals surface area contributed by atoms with Crippen LogP contribution in [0.25, 0.3) is 0 Å². The van der Waals surface area contributed by atoms with Crippen molar-refractivity contribution in [2.45, 2.75) is 51.4 Å². The van der Waals surface area contributed by atoms with Crippen molar-refractivity contribution in [1.82, 2.24) is 0 Å². The number of nitrogens with zero attached hydrogens (tertiary/aromatic N) is 2. The molecular formula is C18H28N2O7S. The third kappa shape index (κ3) is 9.65. The van der Waals surface area contributed by atoms with E-state index in [1.807, 2.05) is 0 Å². The number of aliphatic hydroxyl groups is 1.